The number of hydrazine groups is 2. The van der Waals surface area contributed by atoms with Gasteiger partial charge in [0.25, 0.3) is 5.56 Å². The zero-order chi connectivity index (χ0) is 31.5. The number of carbonyl (C=O) groups is 2. The third kappa shape index (κ3) is 4.63. The monoisotopic (exact) mass is 611 g/mol. The van der Waals surface area contributed by atoms with E-state index in [2.05, 4.69) is 23.0 Å². The van der Waals surface area contributed by atoms with Crippen molar-refractivity contribution in [2.24, 2.45) is 5.73 Å². The van der Waals surface area contributed by atoms with Gasteiger partial charge in [-0.25, -0.2) is 9.78 Å². The molecule has 5 N–H and O–H groups in total. The molecule has 4 aromatic rings. The molecule has 2 aromatic carbocycles. The predicted octanol–water partition coefficient (Wildman–Crippen LogP) is 1.29. The van der Waals surface area contributed by atoms with Crippen LogP contribution in [0, 0.1) is 0 Å². The van der Waals surface area contributed by atoms with E-state index in [0.717, 1.165) is 38.5 Å². The number of likely N-dealkylation sites (N-methyl/N-ethyl adjacent to an activating group) is 1. The summed E-state index contributed by atoms with van der Waals surface area (Å²) in [6.07, 6.45) is 2.01. The van der Waals surface area contributed by atoms with Crippen molar-refractivity contribution in [3.63, 3.8) is 0 Å². The van der Waals surface area contributed by atoms with Gasteiger partial charge in [0.05, 0.1) is 54.4 Å². The van der Waals surface area contributed by atoms with Crippen molar-refractivity contribution in [2.45, 2.75) is 38.6 Å². The highest BCUT2D eigenvalue weighted by atomic mass is 16.6. The summed E-state index contributed by atoms with van der Waals surface area (Å²) in [5.74, 6) is -1.05. The van der Waals surface area contributed by atoms with Crippen LogP contribution in [0.2, 0.25) is 0 Å². The molecule has 3 aliphatic rings. The van der Waals surface area contributed by atoms with E-state index in [1.54, 1.807) is 17.6 Å². The maximum atomic E-state index is 13.9. The van der Waals surface area contributed by atoms with E-state index in [0.29, 0.717) is 17.9 Å². The first kappa shape index (κ1) is 28.9. The average molecular weight is 612 g/mol. The first-order valence-electron chi connectivity index (χ1n) is 14.8. The summed E-state index contributed by atoms with van der Waals surface area (Å²) in [6, 6.07) is 13.9. The number of esters is 1. The molecule has 0 spiro atoms. The van der Waals surface area contributed by atoms with E-state index in [4.69, 9.17) is 20.2 Å². The van der Waals surface area contributed by atoms with Crippen LogP contribution in [0.3, 0.4) is 0 Å². The molecule has 0 bridgehead atoms. The molecule has 0 saturated heterocycles. The molecule has 13 heteroatoms. The van der Waals surface area contributed by atoms with Crippen LogP contribution in [0.15, 0.2) is 59.2 Å². The molecule has 2 aromatic heterocycles. The molecule has 0 unspecified atom stereocenters. The Morgan fingerprint density at radius 2 is 2.04 bits per heavy atom. The Bertz CT molecular complexity index is 1990. The minimum atomic E-state index is -1.90. The Labute approximate surface area is 257 Å². The lowest BCUT2D eigenvalue weighted by Gasteiger charge is -2.31. The maximum Gasteiger partial charge on any atom is 0.343 e. The minimum Gasteiger partial charge on any atom is -0.458 e. The molecule has 3 aliphatic heterocycles. The molecule has 0 radical (unpaired) electrons. The molecule has 5 heterocycles. The Balaban J connectivity index is 1.33. The quantitative estimate of drug-likeness (QED) is 0.0865. The van der Waals surface area contributed by atoms with Gasteiger partial charge in [-0.1, -0.05) is 37.3 Å². The number of amides is 1. The number of aliphatic hydroxyl groups is 1. The van der Waals surface area contributed by atoms with Gasteiger partial charge in [-0.15, -0.1) is 5.53 Å². The van der Waals surface area contributed by atoms with Crippen LogP contribution >= 0.6 is 0 Å². The van der Waals surface area contributed by atoms with Crippen molar-refractivity contribution >= 4 is 33.6 Å². The number of ether oxygens (including phenoxy) is 2. The predicted molar refractivity (Wildman–Crippen MR) is 165 cm³/mol. The van der Waals surface area contributed by atoms with Crippen molar-refractivity contribution in [2.75, 3.05) is 26.9 Å². The minimum absolute atomic E-state index is 0.0382. The standard InChI is InChI=1S/C32H33N7O6/c1-3-32(43)24-10-26-29-22(14-39(26)30(41)23(24)16-45-31(32)42)21(28-20-7-5-4-6-18(20)8-9-25(28)35-29)13-38-12-19(37(2)36-38)15-44-17-34-27(40)11-33/h4-10,12,36,43H,3,11,13-17,33H2,1-2H3,(H,34,40)/t32-/m0/s1. The van der Waals surface area contributed by atoms with Gasteiger partial charge in [0.1, 0.15) is 13.3 Å². The van der Waals surface area contributed by atoms with Gasteiger partial charge < -0.3 is 30.2 Å². The fourth-order valence-electron chi connectivity index (χ4n) is 6.42. The van der Waals surface area contributed by atoms with Crippen LogP contribution in [0.1, 0.15) is 35.6 Å². The molecule has 45 heavy (non-hydrogen) atoms. The number of nitrogens with two attached hydrogens (primary N) is 1. The van der Waals surface area contributed by atoms with E-state index in [-0.39, 0.29) is 62.0 Å². The van der Waals surface area contributed by atoms with Crippen LogP contribution in [-0.2, 0) is 44.4 Å². The molecule has 13 nitrogen and oxygen atoms in total. The number of pyridine rings is 2. The molecule has 232 valence electrons. The molecular formula is C32H33N7O6. The Morgan fingerprint density at radius 3 is 2.84 bits per heavy atom. The third-order valence-electron chi connectivity index (χ3n) is 8.84. The van der Waals surface area contributed by atoms with Crippen molar-refractivity contribution in [3.05, 3.63) is 87.0 Å². The second-order valence-electron chi connectivity index (χ2n) is 11.4. The molecule has 1 atom stereocenters. The summed E-state index contributed by atoms with van der Waals surface area (Å²) in [6.45, 7) is 2.38. The maximum absolute atomic E-state index is 13.9. The first-order valence-corrected chi connectivity index (χ1v) is 14.8. The smallest absolute Gasteiger partial charge is 0.343 e. The van der Waals surface area contributed by atoms with E-state index in [1.165, 1.54) is 0 Å². The molecule has 1 amide bonds. The Hall–Kier alpha value is -4.82. The summed E-state index contributed by atoms with van der Waals surface area (Å²) in [5, 5.41) is 20.7. The largest absolute Gasteiger partial charge is 0.458 e. The summed E-state index contributed by atoms with van der Waals surface area (Å²) < 4.78 is 12.5. The number of benzene rings is 2. The number of cyclic esters (lactones) is 1. The topological polar surface area (TPSA) is 164 Å². The molecule has 7 rings (SSSR count). The van der Waals surface area contributed by atoms with Crippen LogP contribution in [0.5, 0.6) is 0 Å². The zero-order valence-corrected chi connectivity index (χ0v) is 24.9. The van der Waals surface area contributed by atoms with Gasteiger partial charge in [0.2, 0.25) is 5.91 Å². The Kier molecular flexibility index (Phi) is 7.05. The number of hydrogen-bond acceptors (Lipinski definition) is 11. The van der Waals surface area contributed by atoms with E-state index in [1.807, 2.05) is 47.5 Å². The van der Waals surface area contributed by atoms with Gasteiger partial charge in [0, 0.05) is 29.8 Å². The second kappa shape index (κ2) is 11.0. The zero-order valence-electron chi connectivity index (χ0n) is 24.9. The highest BCUT2D eigenvalue weighted by Gasteiger charge is 2.45. The third-order valence-corrected chi connectivity index (χ3v) is 8.84. The van der Waals surface area contributed by atoms with Crippen molar-refractivity contribution in [1.29, 1.82) is 0 Å². The van der Waals surface area contributed by atoms with Crippen molar-refractivity contribution in [1.82, 2.24) is 30.4 Å². The van der Waals surface area contributed by atoms with Crippen molar-refractivity contribution < 1.29 is 24.2 Å². The molecule has 0 aliphatic carbocycles. The average Bonchev–Trinajstić information content (AvgIpc) is 3.60. The van der Waals surface area contributed by atoms with E-state index in [9.17, 15) is 19.5 Å². The molecule has 0 fully saturated rings. The highest BCUT2D eigenvalue weighted by Crippen LogP contribution is 2.42. The SMILES string of the molecule is CC[C@@]1(O)C(=O)OCc2c1cc1n(c2=O)Cc2c-1nc1ccc3ccccc3c1c2CN1C=C(COCNC(=O)CN)N(C)N1. The summed E-state index contributed by atoms with van der Waals surface area (Å²) in [5.41, 5.74) is 11.7. The van der Waals surface area contributed by atoms with Crippen LogP contribution in [-0.4, -0.2) is 63.5 Å². The van der Waals surface area contributed by atoms with Gasteiger partial charge >= 0.3 is 5.97 Å². The lowest BCUT2D eigenvalue weighted by Crippen LogP contribution is -2.44. The lowest BCUT2D eigenvalue weighted by molar-refractivity contribution is -0.172. The fourth-order valence-corrected chi connectivity index (χ4v) is 6.42. The van der Waals surface area contributed by atoms with Crippen LogP contribution in [0.25, 0.3) is 33.1 Å². The number of fused-ring (bicyclic) bond motifs is 7. The number of carbonyl (C=O) groups excluding carboxylic acids is 2. The number of rotatable bonds is 8. The highest BCUT2D eigenvalue weighted by molar-refractivity contribution is 6.09. The van der Waals surface area contributed by atoms with Gasteiger partial charge in [-0.05, 0) is 34.9 Å². The Morgan fingerprint density at radius 1 is 1.22 bits per heavy atom. The number of nitrogens with zero attached hydrogens (tertiary/aromatic N) is 4. The first-order chi connectivity index (χ1) is 21.7. The molecular weight excluding hydrogens is 578 g/mol. The lowest BCUT2D eigenvalue weighted by atomic mass is 9.86. The van der Waals surface area contributed by atoms with Gasteiger partial charge in [-0.3, -0.25) is 19.6 Å². The van der Waals surface area contributed by atoms with Gasteiger partial charge in [0.15, 0.2) is 5.60 Å². The van der Waals surface area contributed by atoms with Crippen molar-refractivity contribution in [3.8, 4) is 11.4 Å². The molecule has 0 saturated carbocycles. The summed E-state index contributed by atoms with van der Waals surface area (Å²) in [7, 11) is 1.87. The number of nitrogens with one attached hydrogen (secondary N) is 2. The van der Waals surface area contributed by atoms with Crippen LogP contribution in [0.4, 0.5) is 0 Å². The normalized spacial score (nSPS) is 18.6. The van der Waals surface area contributed by atoms with E-state index < -0.39 is 11.6 Å². The number of aromatic nitrogens is 2. The fraction of sp³-hybridized carbons (Fsp3) is 0.312. The van der Waals surface area contributed by atoms with Crippen LogP contribution < -0.4 is 22.1 Å². The summed E-state index contributed by atoms with van der Waals surface area (Å²) >= 11 is 0. The summed E-state index contributed by atoms with van der Waals surface area (Å²) in [4.78, 5) is 43.0. The van der Waals surface area contributed by atoms with Gasteiger partial charge in [-0.2, -0.15) is 0 Å². The van der Waals surface area contributed by atoms with E-state index >= 15 is 0 Å². The second-order valence-corrected chi connectivity index (χ2v) is 11.4. The number of hydrogen-bond donors (Lipinski definition) is 4.